The molecular formula is C26H39N5O5S. The maximum atomic E-state index is 12.9. The van der Waals surface area contributed by atoms with E-state index in [2.05, 4.69) is 38.3 Å². The minimum atomic E-state index is -2.46. The highest BCUT2D eigenvalue weighted by molar-refractivity contribution is 7.99. The van der Waals surface area contributed by atoms with Gasteiger partial charge in [0.25, 0.3) is 0 Å². The first-order chi connectivity index (χ1) is 17.1. The van der Waals surface area contributed by atoms with E-state index in [1.54, 1.807) is 27.7 Å². The lowest BCUT2D eigenvalue weighted by Gasteiger charge is -2.25. The maximum absolute atomic E-state index is 12.9. The number of Topliss-reactive ketones (excluding diaryl/α,β-unsaturated/α-hetero) is 2. The summed E-state index contributed by atoms with van der Waals surface area (Å²) in [6.45, 7) is 7.33. The highest BCUT2D eigenvalue weighted by Crippen LogP contribution is 2.26. The third-order valence-electron chi connectivity index (χ3n) is 5.45. The van der Waals surface area contributed by atoms with Crippen LogP contribution in [-0.2, 0) is 23.9 Å². The number of unbranched alkanes of at least 4 members (excludes halogenated alkanes) is 1. The van der Waals surface area contributed by atoms with Crippen molar-refractivity contribution in [2.24, 2.45) is 17.1 Å². The molecule has 0 radical (unpaired) electrons. The number of carbonyl (C=O) groups excluding carboxylic acids is 4. The molecule has 1 rings (SSSR count). The van der Waals surface area contributed by atoms with E-state index >= 15 is 0 Å². The zero-order valence-corrected chi connectivity index (χ0v) is 23.2. The third kappa shape index (κ3) is 12.5. The molecule has 4 N–H and O–H groups in total. The van der Waals surface area contributed by atoms with Crippen LogP contribution < -0.4 is 16.4 Å². The van der Waals surface area contributed by atoms with Crippen LogP contribution in [-0.4, -0.2) is 62.4 Å². The van der Waals surface area contributed by atoms with Crippen LogP contribution in [0.2, 0.25) is 0 Å². The van der Waals surface area contributed by atoms with Gasteiger partial charge in [-0.1, -0.05) is 26.7 Å². The summed E-state index contributed by atoms with van der Waals surface area (Å²) in [6, 6.07) is 0.166. The summed E-state index contributed by atoms with van der Waals surface area (Å²) in [4.78, 5) is 56.8. The molecule has 3 atom stereocenters. The normalized spacial score (nSPS) is 14.3. The zero-order valence-electron chi connectivity index (χ0n) is 22.4. The first-order valence-electron chi connectivity index (χ1n) is 12.1. The quantitative estimate of drug-likeness (QED) is 0.151. The van der Waals surface area contributed by atoms with Gasteiger partial charge in [-0.3, -0.25) is 18.6 Å². The van der Waals surface area contributed by atoms with Gasteiger partial charge >= 0.3 is 6.03 Å². The molecule has 204 valence electrons. The molecule has 10 nitrogen and oxygen atoms in total. The van der Waals surface area contributed by atoms with Crippen LogP contribution in [0, 0.1) is 23.2 Å². The minimum Gasteiger partial charge on any atom is -0.352 e. The Morgan fingerprint density at radius 1 is 1.19 bits per heavy atom. The lowest BCUT2D eigenvalue weighted by molar-refractivity contribution is -0.134. The summed E-state index contributed by atoms with van der Waals surface area (Å²) < 4.78 is 12.0. The average molecular weight is 534 g/mol. The zero-order chi connectivity index (χ0) is 28.2. The number of hydrogen-bond donors (Lipinski definition) is 3. The average Bonchev–Trinajstić information content (AvgIpc) is 2.79. The van der Waals surface area contributed by atoms with Gasteiger partial charge in [0.1, 0.15) is 22.8 Å². The van der Waals surface area contributed by atoms with E-state index < -0.39 is 32.9 Å². The Hall–Kier alpha value is -3.26. The van der Waals surface area contributed by atoms with Crippen LogP contribution in [0.1, 0.15) is 71.9 Å². The Morgan fingerprint density at radius 3 is 2.46 bits per heavy atom. The molecule has 0 saturated heterocycles. The molecule has 1 unspecified atom stereocenters. The Labute approximate surface area is 220 Å². The van der Waals surface area contributed by atoms with Crippen LogP contribution in [0.3, 0.4) is 0 Å². The SMILES string of the molecule is C=S(C)(=O)c1cc(C#CCCCC(=O)N[C@@H](C)C(=O)C[C@@H](CCCNC(N)=O)C(=O)C(C)(C)C)ncn1. The summed E-state index contributed by atoms with van der Waals surface area (Å²) >= 11 is 0. The van der Waals surface area contributed by atoms with E-state index in [0.717, 1.165) is 0 Å². The number of nitrogens with two attached hydrogens (primary N) is 1. The van der Waals surface area contributed by atoms with E-state index in [-0.39, 0.29) is 30.3 Å². The number of rotatable bonds is 13. The van der Waals surface area contributed by atoms with Gasteiger partial charge in [0, 0.05) is 59.0 Å². The van der Waals surface area contributed by atoms with Gasteiger partial charge in [-0.05, 0) is 38.0 Å². The topological polar surface area (TPSA) is 161 Å². The van der Waals surface area contributed by atoms with Gasteiger partial charge in [-0.15, -0.1) is 0 Å². The molecule has 0 aliphatic heterocycles. The van der Waals surface area contributed by atoms with E-state index in [4.69, 9.17) is 5.73 Å². The molecule has 0 saturated carbocycles. The molecule has 0 bridgehead atoms. The highest BCUT2D eigenvalue weighted by atomic mass is 32.2. The van der Waals surface area contributed by atoms with Gasteiger partial charge in [-0.25, -0.2) is 14.8 Å². The van der Waals surface area contributed by atoms with E-state index in [1.165, 1.54) is 18.6 Å². The second-order valence-electron chi connectivity index (χ2n) is 10.1. The van der Waals surface area contributed by atoms with Crippen molar-refractivity contribution in [3.8, 4) is 11.8 Å². The third-order valence-corrected chi connectivity index (χ3v) is 6.56. The van der Waals surface area contributed by atoms with Crippen molar-refractivity contribution in [1.82, 2.24) is 20.6 Å². The molecule has 37 heavy (non-hydrogen) atoms. The van der Waals surface area contributed by atoms with Crippen molar-refractivity contribution in [2.45, 2.75) is 77.3 Å². The fraction of sp³-hybridized carbons (Fsp3) is 0.577. The number of urea groups is 1. The van der Waals surface area contributed by atoms with Crippen LogP contribution in [0.25, 0.3) is 0 Å². The maximum Gasteiger partial charge on any atom is 0.312 e. The van der Waals surface area contributed by atoms with Gasteiger partial charge in [-0.2, -0.15) is 0 Å². The van der Waals surface area contributed by atoms with Gasteiger partial charge in [0.05, 0.1) is 6.04 Å². The van der Waals surface area contributed by atoms with E-state index in [9.17, 15) is 23.4 Å². The minimum absolute atomic E-state index is 0.0118. The lowest BCUT2D eigenvalue weighted by Crippen LogP contribution is -2.40. The molecule has 0 aromatic carbocycles. The largest absolute Gasteiger partial charge is 0.352 e. The van der Waals surface area contributed by atoms with Gasteiger partial charge in [0.2, 0.25) is 5.91 Å². The summed E-state index contributed by atoms with van der Waals surface area (Å²) in [7, 11) is -2.46. The summed E-state index contributed by atoms with van der Waals surface area (Å²) in [5.74, 6) is 8.32. The Bertz CT molecular complexity index is 1150. The van der Waals surface area contributed by atoms with Crippen molar-refractivity contribution in [2.75, 3.05) is 12.8 Å². The standard InChI is InChI=1S/C26H39N5O5S/c1-18(21(32)15-19(24(34)26(2,3)4)11-10-14-28-25(27)35)31-22(33)13-9-7-8-12-20-16-23(30-17-29-20)37(5,6)36/h16-19H,5,7,9-11,13-15H2,1-4,6H3,(H,31,33)(H3,27,28,35)/t18-,19+,37?/m0/s1. The second-order valence-corrected chi connectivity index (χ2v) is 12.5. The fourth-order valence-electron chi connectivity index (χ4n) is 3.45. The van der Waals surface area contributed by atoms with E-state index in [0.29, 0.717) is 42.9 Å². The van der Waals surface area contributed by atoms with Crippen LogP contribution in [0.15, 0.2) is 17.4 Å². The molecule has 1 aromatic rings. The van der Waals surface area contributed by atoms with Crippen molar-refractivity contribution in [3.63, 3.8) is 0 Å². The van der Waals surface area contributed by atoms with Crippen molar-refractivity contribution < 1.29 is 23.4 Å². The molecule has 3 amide bonds. The van der Waals surface area contributed by atoms with E-state index in [1.807, 2.05) is 0 Å². The van der Waals surface area contributed by atoms with Crippen LogP contribution >= 0.6 is 0 Å². The molecule has 1 heterocycles. The monoisotopic (exact) mass is 533 g/mol. The Balaban J connectivity index is 2.57. The number of primary amides is 1. The van der Waals surface area contributed by atoms with Crippen LogP contribution in [0.5, 0.6) is 0 Å². The van der Waals surface area contributed by atoms with Crippen LogP contribution in [0.4, 0.5) is 4.79 Å². The first-order valence-corrected chi connectivity index (χ1v) is 14.3. The molecule has 0 fully saturated rings. The molecule has 0 aliphatic rings. The smallest absolute Gasteiger partial charge is 0.312 e. The first kappa shape index (κ1) is 31.8. The predicted octanol–water partition coefficient (Wildman–Crippen LogP) is 1.85. The molecule has 0 spiro atoms. The molecular weight excluding hydrogens is 494 g/mol. The number of amides is 3. The lowest BCUT2D eigenvalue weighted by atomic mass is 9.78. The summed E-state index contributed by atoms with van der Waals surface area (Å²) in [6.07, 6.45) is 4.83. The number of ketones is 2. The number of aromatic nitrogens is 2. The number of nitrogens with one attached hydrogen (secondary N) is 2. The van der Waals surface area contributed by atoms with Crippen molar-refractivity contribution in [3.05, 3.63) is 18.1 Å². The molecule has 1 aromatic heterocycles. The highest BCUT2D eigenvalue weighted by Gasteiger charge is 2.32. The summed E-state index contributed by atoms with van der Waals surface area (Å²) in [5.41, 5.74) is 4.88. The predicted molar refractivity (Wildman–Crippen MR) is 144 cm³/mol. The molecule has 0 aliphatic carbocycles. The fourth-order valence-corrected chi connectivity index (χ4v) is 4.08. The number of hydrogen-bond acceptors (Lipinski definition) is 7. The Morgan fingerprint density at radius 2 is 1.86 bits per heavy atom. The van der Waals surface area contributed by atoms with Gasteiger partial charge < -0.3 is 16.4 Å². The van der Waals surface area contributed by atoms with Gasteiger partial charge in [0.15, 0.2) is 5.78 Å². The molecule has 11 heteroatoms. The van der Waals surface area contributed by atoms with Crippen molar-refractivity contribution >= 4 is 38.9 Å². The van der Waals surface area contributed by atoms with Crippen molar-refractivity contribution in [1.29, 1.82) is 0 Å². The number of carbonyl (C=O) groups is 4. The second kappa shape index (κ2) is 14.5. The summed E-state index contributed by atoms with van der Waals surface area (Å²) in [5, 5.41) is 5.51. The Kier molecular flexibility index (Phi) is 12.4. The number of nitrogens with zero attached hydrogens (tertiary/aromatic N) is 2.